The molecule has 0 saturated carbocycles. The van der Waals surface area contributed by atoms with Gasteiger partial charge in [0.25, 0.3) is 0 Å². The van der Waals surface area contributed by atoms with Crippen LogP contribution < -0.4 is 10.6 Å². The van der Waals surface area contributed by atoms with Crippen molar-refractivity contribution < 1.29 is 28.6 Å². The van der Waals surface area contributed by atoms with Crippen LogP contribution in [-0.4, -0.2) is 35.2 Å². The number of nitrogens with one attached hydrogen (secondary N) is 2. The quantitative estimate of drug-likeness (QED) is 0.489. The predicted octanol–water partition coefficient (Wildman–Crippen LogP) is 4.78. The molecule has 2 amide bonds. The molecule has 0 fully saturated rings. The van der Waals surface area contributed by atoms with E-state index in [1.807, 2.05) is 48.5 Å². The number of carboxylic acids is 1. The van der Waals surface area contributed by atoms with Gasteiger partial charge in [-0.2, -0.15) is 0 Å². The number of hydrogen-bond acceptors (Lipinski definition) is 4. The van der Waals surface area contributed by atoms with E-state index in [2.05, 4.69) is 10.6 Å². The summed E-state index contributed by atoms with van der Waals surface area (Å²) in [4.78, 5) is 36.7. The van der Waals surface area contributed by atoms with Crippen LogP contribution in [0.15, 0.2) is 66.7 Å². The molecule has 1 aliphatic rings. The second kappa shape index (κ2) is 8.97. The summed E-state index contributed by atoms with van der Waals surface area (Å²) in [5.74, 6) is -3.36. The van der Waals surface area contributed by atoms with Crippen LogP contribution in [0.2, 0.25) is 0 Å². The number of carbonyl (C=O) groups excluding carboxylic acids is 2. The minimum absolute atomic E-state index is 0.0740. The number of halogens is 1. The molecule has 1 aliphatic carbocycles. The SMILES string of the molecule is CC(C)(NC(=O)OCC1c2ccccc2-c2ccccc21)C(=O)Nc1cccc(F)c1C(=O)O. The summed E-state index contributed by atoms with van der Waals surface area (Å²) >= 11 is 0. The summed E-state index contributed by atoms with van der Waals surface area (Å²) < 4.78 is 19.4. The topological polar surface area (TPSA) is 105 Å². The Labute approximate surface area is 195 Å². The van der Waals surface area contributed by atoms with Crippen molar-refractivity contribution in [3.05, 3.63) is 89.2 Å². The normalized spacial score (nSPS) is 12.4. The summed E-state index contributed by atoms with van der Waals surface area (Å²) in [6.07, 6.45) is -0.806. The molecule has 0 bridgehead atoms. The molecule has 3 N–H and O–H groups in total. The third kappa shape index (κ3) is 4.34. The summed E-state index contributed by atoms with van der Waals surface area (Å²) in [5, 5.41) is 14.1. The molecule has 34 heavy (non-hydrogen) atoms. The smallest absolute Gasteiger partial charge is 0.408 e. The Morgan fingerprint density at radius 1 is 0.941 bits per heavy atom. The van der Waals surface area contributed by atoms with Gasteiger partial charge in [0.15, 0.2) is 0 Å². The predicted molar refractivity (Wildman–Crippen MR) is 124 cm³/mol. The fourth-order valence-electron chi connectivity index (χ4n) is 4.07. The van der Waals surface area contributed by atoms with Crippen molar-refractivity contribution in [1.82, 2.24) is 5.32 Å². The van der Waals surface area contributed by atoms with Gasteiger partial charge in [0.05, 0.1) is 5.69 Å². The van der Waals surface area contributed by atoms with E-state index in [-0.39, 0.29) is 18.2 Å². The Hall–Kier alpha value is -4.20. The van der Waals surface area contributed by atoms with Gasteiger partial charge in [-0.25, -0.2) is 14.0 Å². The molecule has 0 atom stereocenters. The molecular formula is C26H23FN2O5. The van der Waals surface area contributed by atoms with E-state index in [9.17, 15) is 23.9 Å². The standard InChI is InChI=1S/C26H23FN2O5/c1-26(2,24(32)28-21-13-7-12-20(27)22(21)23(30)31)29-25(33)34-14-19-17-10-5-3-8-15(17)16-9-4-6-11-18(16)19/h3-13,19H,14H2,1-2H3,(H,28,32)(H,29,33)(H,30,31). The maximum Gasteiger partial charge on any atom is 0.408 e. The van der Waals surface area contributed by atoms with Gasteiger partial charge in [0, 0.05) is 5.92 Å². The minimum atomic E-state index is -1.52. The molecular weight excluding hydrogens is 439 g/mol. The maximum atomic E-state index is 13.9. The maximum absolute atomic E-state index is 13.9. The van der Waals surface area contributed by atoms with Gasteiger partial charge < -0.3 is 20.5 Å². The van der Waals surface area contributed by atoms with E-state index in [1.54, 1.807) is 0 Å². The van der Waals surface area contributed by atoms with Crippen LogP contribution in [0.25, 0.3) is 11.1 Å². The molecule has 3 aromatic carbocycles. The fourth-order valence-corrected chi connectivity index (χ4v) is 4.07. The van der Waals surface area contributed by atoms with E-state index in [0.29, 0.717) is 0 Å². The third-order valence-electron chi connectivity index (χ3n) is 5.80. The van der Waals surface area contributed by atoms with Crippen LogP contribution in [0.3, 0.4) is 0 Å². The van der Waals surface area contributed by atoms with Gasteiger partial charge in [-0.15, -0.1) is 0 Å². The van der Waals surface area contributed by atoms with E-state index >= 15 is 0 Å². The highest BCUT2D eigenvalue weighted by Crippen LogP contribution is 2.44. The van der Waals surface area contributed by atoms with Gasteiger partial charge in [-0.3, -0.25) is 4.79 Å². The molecule has 0 heterocycles. The molecule has 0 aliphatic heterocycles. The zero-order valence-electron chi connectivity index (χ0n) is 18.6. The minimum Gasteiger partial charge on any atom is -0.478 e. The first-order valence-corrected chi connectivity index (χ1v) is 10.7. The molecule has 0 spiro atoms. The van der Waals surface area contributed by atoms with E-state index in [0.717, 1.165) is 28.3 Å². The Bertz CT molecular complexity index is 1240. The lowest BCUT2D eigenvalue weighted by Gasteiger charge is -2.25. The van der Waals surface area contributed by atoms with Crippen molar-refractivity contribution in [2.24, 2.45) is 0 Å². The van der Waals surface area contributed by atoms with Crippen molar-refractivity contribution in [1.29, 1.82) is 0 Å². The molecule has 0 aromatic heterocycles. The lowest BCUT2D eigenvalue weighted by molar-refractivity contribution is -0.121. The highest BCUT2D eigenvalue weighted by atomic mass is 19.1. The summed E-state index contributed by atoms with van der Waals surface area (Å²) in [6, 6.07) is 19.4. The average Bonchev–Trinajstić information content (AvgIpc) is 3.11. The van der Waals surface area contributed by atoms with Crippen LogP contribution >= 0.6 is 0 Å². The van der Waals surface area contributed by atoms with Crippen LogP contribution in [0.5, 0.6) is 0 Å². The number of alkyl carbamates (subject to hydrolysis) is 1. The molecule has 7 nitrogen and oxygen atoms in total. The monoisotopic (exact) mass is 462 g/mol. The zero-order valence-corrected chi connectivity index (χ0v) is 18.6. The van der Waals surface area contributed by atoms with Gasteiger partial charge in [0.1, 0.15) is 23.5 Å². The number of amides is 2. The number of benzene rings is 3. The lowest BCUT2D eigenvalue weighted by atomic mass is 9.98. The molecule has 0 radical (unpaired) electrons. The highest BCUT2D eigenvalue weighted by molar-refractivity contribution is 6.04. The van der Waals surface area contributed by atoms with Gasteiger partial charge >= 0.3 is 12.1 Å². The fraction of sp³-hybridized carbons (Fsp3) is 0.192. The first kappa shape index (κ1) is 23.0. The van der Waals surface area contributed by atoms with Crippen LogP contribution in [0.1, 0.15) is 41.3 Å². The van der Waals surface area contributed by atoms with Crippen LogP contribution in [0, 0.1) is 5.82 Å². The summed E-state index contributed by atoms with van der Waals surface area (Å²) in [7, 11) is 0. The van der Waals surface area contributed by atoms with Gasteiger partial charge in [-0.05, 0) is 48.2 Å². The highest BCUT2D eigenvalue weighted by Gasteiger charge is 2.33. The number of ether oxygens (including phenoxy) is 1. The first-order valence-electron chi connectivity index (χ1n) is 10.7. The summed E-state index contributed by atoms with van der Waals surface area (Å²) in [5.41, 5.74) is 1.96. The Kier molecular flexibility index (Phi) is 6.06. The van der Waals surface area contributed by atoms with Crippen molar-refractivity contribution >= 4 is 23.7 Å². The number of carboxylic acid groups (broad SMARTS) is 1. The first-order chi connectivity index (χ1) is 16.2. The Morgan fingerprint density at radius 3 is 2.12 bits per heavy atom. The van der Waals surface area contributed by atoms with E-state index in [1.165, 1.54) is 26.0 Å². The number of aromatic carboxylic acids is 1. The van der Waals surface area contributed by atoms with Crippen molar-refractivity contribution in [3.63, 3.8) is 0 Å². The lowest BCUT2D eigenvalue weighted by Crippen LogP contribution is -2.52. The molecule has 4 rings (SSSR count). The molecule has 0 unspecified atom stereocenters. The van der Waals surface area contributed by atoms with Crippen LogP contribution in [0.4, 0.5) is 14.9 Å². The van der Waals surface area contributed by atoms with Crippen molar-refractivity contribution in [2.75, 3.05) is 11.9 Å². The number of carbonyl (C=O) groups is 3. The number of hydrogen-bond donors (Lipinski definition) is 3. The third-order valence-corrected chi connectivity index (χ3v) is 5.80. The average molecular weight is 462 g/mol. The van der Waals surface area contributed by atoms with E-state index in [4.69, 9.17) is 4.74 Å². The van der Waals surface area contributed by atoms with Crippen LogP contribution in [-0.2, 0) is 9.53 Å². The zero-order chi connectivity index (χ0) is 24.5. The van der Waals surface area contributed by atoms with Gasteiger partial charge in [0.2, 0.25) is 5.91 Å². The van der Waals surface area contributed by atoms with Crippen molar-refractivity contribution in [2.45, 2.75) is 25.3 Å². The molecule has 3 aromatic rings. The second-order valence-electron chi connectivity index (χ2n) is 8.50. The number of anilines is 1. The van der Waals surface area contributed by atoms with E-state index < -0.39 is 34.9 Å². The Morgan fingerprint density at radius 2 is 1.53 bits per heavy atom. The van der Waals surface area contributed by atoms with Gasteiger partial charge in [-0.1, -0.05) is 54.6 Å². The molecule has 8 heteroatoms. The largest absolute Gasteiger partial charge is 0.478 e. The van der Waals surface area contributed by atoms with Crippen molar-refractivity contribution in [3.8, 4) is 11.1 Å². The molecule has 174 valence electrons. The number of fused-ring (bicyclic) bond motifs is 3. The molecule has 0 saturated heterocycles. The summed E-state index contributed by atoms with van der Waals surface area (Å²) in [6.45, 7) is 2.94. The number of rotatable bonds is 6. The second-order valence-corrected chi connectivity index (χ2v) is 8.50. The Balaban J connectivity index is 1.43.